The largest absolute Gasteiger partial charge is 0.448 e. The van der Waals surface area contributed by atoms with E-state index >= 15 is 0 Å². The minimum atomic E-state index is 0.129. The maximum Gasteiger partial charge on any atom is 0.193 e. The first kappa shape index (κ1) is 15.1. The first-order valence-corrected chi connectivity index (χ1v) is 7.53. The van der Waals surface area contributed by atoms with Crippen LogP contribution in [0.5, 0.6) is 0 Å². The van der Waals surface area contributed by atoms with E-state index in [-0.39, 0.29) is 6.04 Å². The maximum atomic E-state index is 5.89. The van der Waals surface area contributed by atoms with Crippen molar-refractivity contribution >= 4 is 11.6 Å². The van der Waals surface area contributed by atoms with Crippen LogP contribution in [-0.4, -0.2) is 16.3 Å². The fourth-order valence-corrected chi connectivity index (χ4v) is 2.51. The summed E-state index contributed by atoms with van der Waals surface area (Å²) in [5, 5.41) is 8.44. The standard InChI is InChI=1S/C15H22ClN3O/c1-4-8-17-13(14-6-7-15(16)20-14)10-12-9-11(3)18-19(12)5-2/h6-7,9,13,17H,4-5,8,10H2,1-3H3. The summed E-state index contributed by atoms with van der Waals surface area (Å²) in [5.41, 5.74) is 2.26. The number of nitrogens with zero attached hydrogens (tertiary/aromatic N) is 2. The molecule has 0 saturated carbocycles. The Bertz CT molecular complexity index is 547. The number of furan rings is 1. The van der Waals surface area contributed by atoms with Crippen molar-refractivity contribution in [3.8, 4) is 0 Å². The van der Waals surface area contributed by atoms with Gasteiger partial charge in [-0.25, -0.2) is 0 Å². The molecule has 2 aromatic rings. The lowest BCUT2D eigenvalue weighted by Gasteiger charge is -2.16. The fourth-order valence-electron chi connectivity index (χ4n) is 2.35. The highest BCUT2D eigenvalue weighted by atomic mass is 35.5. The van der Waals surface area contributed by atoms with Gasteiger partial charge in [0.15, 0.2) is 5.22 Å². The predicted octanol–water partition coefficient (Wildman–Crippen LogP) is 3.74. The van der Waals surface area contributed by atoms with Gasteiger partial charge >= 0.3 is 0 Å². The van der Waals surface area contributed by atoms with E-state index in [4.69, 9.17) is 16.0 Å². The molecule has 5 heteroatoms. The van der Waals surface area contributed by atoms with Gasteiger partial charge in [0, 0.05) is 18.7 Å². The van der Waals surface area contributed by atoms with E-state index in [0.717, 1.165) is 37.4 Å². The lowest BCUT2D eigenvalue weighted by atomic mass is 10.1. The summed E-state index contributed by atoms with van der Waals surface area (Å²) in [6.45, 7) is 8.10. The van der Waals surface area contributed by atoms with Crippen LogP contribution in [0.25, 0.3) is 0 Å². The topological polar surface area (TPSA) is 43.0 Å². The minimum Gasteiger partial charge on any atom is -0.448 e. The van der Waals surface area contributed by atoms with Gasteiger partial charge in [0.1, 0.15) is 5.76 Å². The molecule has 0 aliphatic carbocycles. The molecule has 0 bridgehead atoms. The Labute approximate surface area is 125 Å². The number of halogens is 1. The molecule has 0 saturated heterocycles. The van der Waals surface area contributed by atoms with Crippen molar-refractivity contribution in [2.24, 2.45) is 0 Å². The Morgan fingerprint density at radius 1 is 1.40 bits per heavy atom. The van der Waals surface area contributed by atoms with Gasteiger partial charge < -0.3 is 9.73 Å². The Hall–Kier alpha value is -1.26. The second-order valence-electron chi connectivity index (χ2n) is 4.95. The Morgan fingerprint density at radius 3 is 2.80 bits per heavy atom. The zero-order valence-electron chi connectivity index (χ0n) is 12.3. The average molecular weight is 296 g/mol. The maximum absolute atomic E-state index is 5.89. The number of aryl methyl sites for hydroxylation is 2. The molecule has 0 aliphatic heterocycles. The normalized spacial score (nSPS) is 12.8. The summed E-state index contributed by atoms with van der Waals surface area (Å²) in [4.78, 5) is 0. The van der Waals surface area contributed by atoms with E-state index in [0.29, 0.717) is 5.22 Å². The molecule has 4 nitrogen and oxygen atoms in total. The smallest absolute Gasteiger partial charge is 0.193 e. The number of rotatable bonds is 7. The van der Waals surface area contributed by atoms with Gasteiger partial charge in [-0.05, 0) is 56.6 Å². The summed E-state index contributed by atoms with van der Waals surface area (Å²) in [6, 6.07) is 5.99. The van der Waals surface area contributed by atoms with E-state index < -0.39 is 0 Å². The zero-order chi connectivity index (χ0) is 14.5. The fraction of sp³-hybridized carbons (Fsp3) is 0.533. The van der Waals surface area contributed by atoms with Gasteiger partial charge in [-0.3, -0.25) is 4.68 Å². The number of hydrogen-bond donors (Lipinski definition) is 1. The minimum absolute atomic E-state index is 0.129. The van der Waals surface area contributed by atoms with Crippen LogP contribution in [0.1, 0.15) is 43.5 Å². The predicted molar refractivity (Wildman–Crippen MR) is 81.1 cm³/mol. The molecule has 2 heterocycles. The van der Waals surface area contributed by atoms with Crippen molar-refractivity contribution in [1.29, 1.82) is 0 Å². The molecule has 1 N–H and O–H groups in total. The zero-order valence-corrected chi connectivity index (χ0v) is 13.1. The summed E-state index contributed by atoms with van der Waals surface area (Å²) >= 11 is 5.89. The van der Waals surface area contributed by atoms with Gasteiger partial charge in [0.2, 0.25) is 0 Å². The average Bonchev–Trinajstić information content (AvgIpc) is 3.00. The first-order chi connectivity index (χ1) is 9.63. The molecule has 1 atom stereocenters. The van der Waals surface area contributed by atoms with E-state index in [9.17, 15) is 0 Å². The number of hydrogen-bond acceptors (Lipinski definition) is 3. The molecular formula is C15H22ClN3O. The van der Waals surface area contributed by atoms with Crippen LogP contribution in [0.4, 0.5) is 0 Å². The quantitative estimate of drug-likeness (QED) is 0.846. The van der Waals surface area contributed by atoms with Gasteiger partial charge in [-0.1, -0.05) is 6.92 Å². The van der Waals surface area contributed by atoms with Crippen LogP contribution in [0, 0.1) is 6.92 Å². The molecule has 0 fully saturated rings. The highest BCUT2D eigenvalue weighted by Crippen LogP contribution is 2.23. The van der Waals surface area contributed by atoms with Crippen LogP contribution in [0.2, 0.25) is 5.22 Å². The lowest BCUT2D eigenvalue weighted by Crippen LogP contribution is -2.24. The Balaban J connectivity index is 2.18. The molecule has 20 heavy (non-hydrogen) atoms. The lowest BCUT2D eigenvalue weighted by molar-refractivity contribution is 0.403. The van der Waals surface area contributed by atoms with Gasteiger partial charge in [-0.15, -0.1) is 0 Å². The SMILES string of the molecule is CCCNC(Cc1cc(C)nn1CC)c1ccc(Cl)o1. The van der Waals surface area contributed by atoms with E-state index in [1.165, 1.54) is 5.69 Å². The molecular weight excluding hydrogens is 274 g/mol. The molecule has 0 aromatic carbocycles. The van der Waals surface area contributed by atoms with Crippen molar-refractivity contribution < 1.29 is 4.42 Å². The summed E-state index contributed by atoms with van der Waals surface area (Å²) in [7, 11) is 0. The summed E-state index contributed by atoms with van der Waals surface area (Å²) in [5.74, 6) is 0.880. The van der Waals surface area contributed by atoms with Crippen molar-refractivity contribution in [2.45, 2.75) is 46.2 Å². The third-order valence-corrected chi connectivity index (χ3v) is 3.48. The van der Waals surface area contributed by atoms with Crippen LogP contribution < -0.4 is 5.32 Å². The highest BCUT2D eigenvalue weighted by Gasteiger charge is 2.18. The Kier molecular flexibility index (Phi) is 5.26. The molecule has 1 unspecified atom stereocenters. The summed E-state index contributed by atoms with van der Waals surface area (Å²) < 4.78 is 7.61. The van der Waals surface area contributed by atoms with Crippen molar-refractivity contribution in [3.63, 3.8) is 0 Å². The first-order valence-electron chi connectivity index (χ1n) is 7.16. The van der Waals surface area contributed by atoms with Crippen LogP contribution in [0.3, 0.4) is 0 Å². The monoisotopic (exact) mass is 295 g/mol. The van der Waals surface area contributed by atoms with Gasteiger partial charge in [0.05, 0.1) is 11.7 Å². The Morgan fingerprint density at radius 2 is 2.20 bits per heavy atom. The molecule has 110 valence electrons. The third kappa shape index (κ3) is 3.64. The van der Waals surface area contributed by atoms with E-state index in [2.05, 4.69) is 30.3 Å². The van der Waals surface area contributed by atoms with Gasteiger partial charge in [-0.2, -0.15) is 5.10 Å². The van der Waals surface area contributed by atoms with Crippen LogP contribution in [-0.2, 0) is 13.0 Å². The second kappa shape index (κ2) is 6.95. The highest BCUT2D eigenvalue weighted by molar-refractivity contribution is 6.28. The number of nitrogens with one attached hydrogen (secondary N) is 1. The van der Waals surface area contributed by atoms with E-state index in [1.54, 1.807) is 6.07 Å². The van der Waals surface area contributed by atoms with Crippen LogP contribution >= 0.6 is 11.6 Å². The van der Waals surface area contributed by atoms with Crippen molar-refractivity contribution in [1.82, 2.24) is 15.1 Å². The molecule has 0 amide bonds. The summed E-state index contributed by atoms with van der Waals surface area (Å²) in [6.07, 6.45) is 1.93. The second-order valence-corrected chi connectivity index (χ2v) is 5.32. The van der Waals surface area contributed by atoms with Crippen molar-refractivity contribution in [3.05, 3.63) is 40.6 Å². The third-order valence-electron chi connectivity index (χ3n) is 3.28. The number of aromatic nitrogens is 2. The molecule has 0 radical (unpaired) electrons. The molecule has 0 spiro atoms. The van der Waals surface area contributed by atoms with Crippen molar-refractivity contribution in [2.75, 3.05) is 6.54 Å². The van der Waals surface area contributed by atoms with Gasteiger partial charge in [0.25, 0.3) is 0 Å². The van der Waals surface area contributed by atoms with E-state index in [1.807, 2.05) is 17.7 Å². The molecule has 2 rings (SSSR count). The van der Waals surface area contributed by atoms with Crippen LogP contribution in [0.15, 0.2) is 22.6 Å². The molecule has 0 aliphatic rings. The molecule has 2 aromatic heterocycles.